The molecule has 4 amide bonds. The molecule has 3 N–H and O–H groups in total. The smallest absolute Gasteiger partial charge is 0.325 e. The molecule has 2 aliphatic heterocycles. The number of piperidine rings is 1. The topological polar surface area (TPSA) is 90.5 Å². The van der Waals surface area contributed by atoms with Crippen LogP contribution in [0.4, 0.5) is 4.79 Å². The molecule has 0 aromatic carbocycles. The minimum Gasteiger partial charge on any atom is -0.354 e. The molecule has 1 unspecified atom stereocenters. The molecule has 0 radical (unpaired) electrons. The summed E-state index contributed by atoms with van der Waals surface area (Å²) in [4.78, 5) is 38.3. The van der Waals surface area contributed by atoms with E-state index >= 15 is 0 Å². The number of rotatable bonds is 5. The van der Waals surface area contributed by atoms with E-state index in [1.165, 1.54) is 0 Å². The maximum Gasteiger partial charge on any atom is 0.325 e. The van der Waals surface area contributed by atoms with Gasteiger partial charge < -0.3 is 16.0 Å². The minimum absolute atomic E-state index is 0. The summed E-state index contributed by atoms with van der Waals surface area (Å²) in [5, 5.41) is 9.06. The minimum atomic E-state index is -0.768. The van der Waals surface area contributed by atoms with Gasteiger partial charge in [-0.05, 0) is 63.5 Å². The highest BCUT2D eigenvalue weighted by atomic mass is 35.5. The number of nitrogens with one attached hydrogen (secondary N) is 3. The Morgan fingerprint density at radius 3 is 2.58 bits per heavy atom. The van der Waals surface area contributed by atoms with Gasteiger partial charge in [-0.15, -0.1) is 12.4 Å². The zero-order valence-electron chi connectivity index (χ0n) is 15.5. The van der Waals surface area contributed by atoms with Crippen molar-refractivity contribution in [3.05, 3.63) is 0 Å². The molecule has 26 heavy (non-hydrogen) atoms. The fraction of sp³-hybridized carbons (Fsp3) is 0.833. The third-order valence-electron chi connectivity index (χ3n) is 6.07. The SMILES string of the molecule is CCC1CCC2(CC1)NC(=O)N(CC(=O)NCC1CCCNC1)C2=O.Cl. The average molecular weight is 387 g/mol. The molecule has 1 spiro atoms. The second-order valence-electron chi connectivity index (χ2n) is 7.77. The molecule has 8 heteroatoms. The maximum absolute atomic E-state index is 12.8. The van der Waals surface area contributed by atoms with Gasteiger partial charge in [-0.1, -0.05) is 13.3 Å². The first-order valence-corrected chi connectivity index (χ1v) is 9.65. The Morgan fingerprint density at radius 2 is 1.96 bits per heavy atom. The number of amides is 4. The van der Waals surface area contributed by atoms with Gasteiger partial charge in [0.25, 0.3) is 5.91 Å². The van der Waals surface area contributed by atoms with Crippen LogP contribution in [0, 0.1) is 11.8 Å². The summed E-state index contributed by atoms with van der Waals surface area (Å²) in [6, 6.07) is -0.422. The van der Waals surface area contributed by atoms with Gasteiger partial charge in [-0.2, -0.15) is 0 Å². The number of carbonyl (C=O) groups excluding carboxylic acids is 3. The van der Waals surface area contributed by atoms with Crippen LogP contribution in [0.5, 0.6) is 0 Å². The number of hydrogen-bond acceptors (Lipinski definition) is 4. The summed E-state index contributed by atoms with van der Waals surface area (Å²) < 4.78 is 0. The van der Waals surface area contributed by atoms with E-state index < -0.39 is 11.6 Å². The van der Waals surface area contributed by atoms with Gasteiger partial charge in [-0.25, -0.2) is 4.79 Å². The highest BCUT2D eigenvalue weighted by Crippen LogP contribution is 2.37. The van der Waals surface area contributed by atoms with Gasteiger partial charge in [0.1, 0.15) is 12.1 Å². The molecule has 7 nitrogen and oxygen atoms in total. The van der Waals surface area contributed by atoms with Gasteiger partial charge >= 0.3 is 6.03 Å². The summed E-state index contributed by atoms with van der Waals surface area (Å²) in [7, 11) is 0. The summed E-state index contributed by atoms with van der Waals surface area (Å²) in [5.41, 5.74) is -0.768. The molecular formula is C18H31ClN4O3. The predicted molar refractivity (Wildman–Crippen MR) is 101 cm³/mol. The van der Waals surface area contributed by atoms with Gasteiger partial charge in [0.15, 0.2) is 0 Å². The fourth-order valence-electron chi connectivity index (χ4n) is 4.29. The van der Waals surface area contributed by atoms with Crippen molar-refractivity contribution in [2.45, 2.75) is 57.4 Å². The number of carbonyl (C=O) groups is 3. The molecule has 2 saturated heterocycles. The number of imide groups is 1. The fourth-order valence-corrected chi connectivity index (χ4v) is 4.29. The van der Waals surface area contributed by atoms with E-state index in [1.54, 1.807) is 0 Å². The summed E-state index contributed by atoms with van der Waals surface area (Å²) in [5.74, 6) is 0.586. The van der Waals surface area contributed by atoms with Crippen LogP contribution in [0.15, 0.2) is 0 Å². The third-order valence-corrected chi connectivity index (χ3v) is 6.07. The lowest BCUT2D eigenvalue weighted by molar-refractivity contribution is -0.136. The van der Waals surface area contributed by atoms with Crippen molar-refractivity contribution in [3.8, 4) is 0 Å². The molecule has 1 atom stereocenters. The van der Waals surface area contributed by atoms with E-state index in [4.69, 9.17) is 0 Å². The van der Waals surface area contributed by atoms with Gasteiger partial charge in [0.2, 0.25) is 5.91 Å². The van der Waals surface area contributed by atoms with Crippen LogP contribution in [0.2, 0.25) is 0 Å². The summed E-state index contributed by atoms with van der Waals surface area (Å²) >= 11 is 0. The largest absolute Gasteiger partial charge is 0.354 e. The molecule has 1 aliphatic carbocycles. The van der Waals surface area contributed by atoms with E-state index in [2.05, 4.69) is 22.9 Å². The maximum atomic E-state index is 12.8. The normalized spacial score (nSPS) is 31.5. The summed E-state index contributed by atoms with van der Waals surface area (Å²) in [6.07, 6.45) is 6.60. The van der Waals surface area contributed by atoms with Crippen molar-refractivity contribution in [1.82, 2.24) is 20.9 Å². The van der Waals surface area contributed by atoms with Crippen LogP contribution in [0.25, 0.3) is 0 Å². The Morgan fingerprint density at radius 1 is 1.23 bits per heavy atom. The highest BCUT2D eigenvalue weighted by Gasteiger charge is 2.52. The number of urea groups is 1. The van der Waals surface area contributed by atoms with Crippen molar-refractivity contribution in [1.29, 1.82) is 0 Å². The molecular weight excluding hydrogens is 356 g/mol. The van der Waals surface area contributed by atoms with Gasteiger partial charge in [0, 0.05) is 6.54 Å². The second-order valence-corrected chi connectivity index (χ2v) is 7.77. The van der Waals surface area contributed by atoms with Crippen LogP contribution in [-0.4, -0.2) is 54.5 Å². The van der Waals surface area contributed by atoms with Gasteiger partial charge in [0.05, 0.1) is 0 Å². The molecule has 0 aromatic heterocycles. The van der Waals surface area contributed by atoms with Crippen LogP contribution in [0.3, 0.4) is 0 Å². The quantitative estimate of drug-likeness (QED) is 0.623. The Balaban J connectivity index is 0.00000243. The molecule has 2 heterocycles. The van der Waals surface area contributed by atoms with Crippen LogP contribution in [0.1, 0.15) is 51.9 Å². The number of hydrogen-bond donors (Lipinski definition) is 3. The zero-order chi connectivity index (χ0) is 17.9. The lowest BCUT2D eigenvalue weighted by Gasteiger charge is -2.34. The average Bonchev–Trinajstić information content (AvgIpc) is 2.86. The van der Waals surface area contributed by atoms with E-state index in [1.807, 2.05) is 0 Å². The summed E-state index contributed by atoms with van der Waals surface area (Å²) in [6.45, 7) is 4.53. The zero-order valence-corrected chi connectivity index (χ0v) is 16.3. The second kappa shape index (κ2) is 9.04. The lowest BCUT2D eigenvalue weighted by atomic mass is 9.75. The Kier molecular flexibility index (Phi) is 7.29. The van der Waals surface area contributed by atoms with Crippen LogP contribution >= 0.6 is 12.4 Å². The van der Waals surface area contributed by atoms with Gasteiger partial charge in [-0.3, -0.25) is 14.5 Å². The van der Waals surface area contributed by atoms with Crippen molar-refractivity contribution < 1.29 is 14.4 Å². The first kappa shape index (κ1) is 21.0. The molecule has 0 bridgehead atoms. The molecule has 3 fully saturated rings. The molecule has 3 rings (SSSR count). The molecule has 0 aromatic rings. The van der Waals surface area contributed by atoms with Crippen molar-refractivity contribution in [3.63, 3.8) is 0 Å². The monoisotopic (exact) mass is 386 g/mol. The third kappa shape index (κ3) is 4.49. The molecule has 148 valence electrons. The number of nitrogens with zero attached hydrogens (tertiary/aromatic N) is 1. The molecule has 3 aliphatic rings. The Bertz CT molecular complexity index is 529. The number of halogens is 1. The van der Waals surface area contributed by atoms with E-state index in [-0.39, 0.29) is 30.8 Å². The standard InChI is InChI=1S/C18H30N4O3.ClH/c1-2-13-5-7-18(8-6-13)16(24)22(17(25)21-18)12-15(23)20-11-14-4-3-9-19-10-14;/h13-14,19H,2-12H2,1H3,(H,20,23)(H,21,25);1H. The first-order valence-electron chi connectivity index (χ1n) is 9.65. The van der Waals surface area contributed by atoms with Crippen LogP contribution < -0.4 is 16.0 Å². The van der Waals surface area contributed by atoms with Crippen molar-refractivity contribution in [2.75, 3.05) is 26.2 Å². The van der Waals surface area contributed by atoms with Crippen molar-refractivity contribution >= 4 is 30.3 Å². The van der Waals surface area contributed by atoms with E-state index in [0.29, 0.717) is 31.2 Å². The highest BCUT2D eigenvalue weighted by molar-refractivity contribution is 6.09. The molecule has 1 saturated carbocycles. The van der Waals surface area contributed by atoms with Crippen molar-refractivity contribution in [2.24, 2.45) is 11.8 Å². The Labute approximate surface area is 161 Å². The van der Waals surface area contributed by atoms with E-state index in [9.17, 15) is 14.4 Å². The van der Waals surface area contributed by atoms with Crippen LogP contribution in [-0.2, 0) is 9.59 Å². The Hall–Kier alpha value is -1.34. The lowest BCUT2D eigenvalue weighted by Crippen LogP contribution is -2.50. The first-order chi connectivity index (χ1) is 12.0. The van der Waals surface area contributed by atoms with E-state index in [0.717, 1.165) is 50.1 Å². The predicted octanol–water partition coefficient (Wildman–Crippen LogP) is 1.41.